The lowest BCUT2D eigenvalue weighted by molar-refractivity contribution is 0.0943. The summed E-state index contributed by atoms with van der Waals surface area (Å²) in [5.41, 5.74) is 1.37. The normalized spacial score (nSPS) is 12.5. The minimum absolute atomic E-state index is 0.192. The van der Waals surface area contributed by atoms with Crippen LogP contribution in [0.2, 0.25) is 5.02 Å². The van der Waals surface area contributed by atoms with Gasteiger partial charge in [0.1, 0.15) is 6.17 Å². The average Bonchev–Trinajstić information content (AvgIpc) is 2.46. The lowest BCUT2D eigenvalue weighted by Crippen LogP contribution is -2.48. The molecule has 0 heterocycles. The van der Waals surface area contributed by atoms with Crippen molar-refractivity contribution in [1.29, 1.82) is 0 Å². The summed E-state index contributed by atoms with van der Waals surface area (Å²) in [6, 6.07) is 16.3. The first-order valence-corrected chi connectivity index (χ1v) is 9.07. The second kappa shape index (κ2) is 7.81. The maximum atomic E-state index is 12.3. The maximum absolute atomic E-state index is 12.3. The van der Waals surface area contributed by atoms with Gasteiger partial charge in [-0.1, -0.05) is 83.7 Å². The molecule has 2 aromatic rings. The first-order chi connectivity index (χ1) is 10.4. The fraction of sp³-hybridized carbons (Fsp3) is 0.133. The van der Waals surface area contributed by atoms with E-state index in [4.69, 9.17) is 11.6 Å². The molecule has 0 aliphatic rings. The highest BCUT2D eigenvalue weighted by Gasteiger charge is 2.32. The topological polar surface area (TPSA) is 41.1 Å². The van der Waals surface area contributed by atoms with Gasteiger partial charge < -0.3 is 10.6 Å². The predicted octanol–water partition coefficient (Wildman–Crippen LogP) is 5.35. The Balaban J connectivity index is 2.15. The number of halogens is 4. The molecule has 22 heavy (non-hydrogen) atoms. The van der Waals surface area contributed by atoms with Crippen LogP contribution in [0.5, 0.6) is 0 Å². The van der Waals surface area contributed by atoms with Gasteiger partial charge in [0.25, 0.3) is 5.91 Å². The monoisotopic (exact) mass is 508 g/mol. The number of benzene rings is 2. The van der Waals surface area contributed by atoms with E-state index in [-0.39, 0.29) is 5.91 Å². The highest BCUT2D eigenvalue weighted by molar-refractivity contribution is 9.39. The van der Waals surface area contributed by atoms with Gasteiger partial charge in [0.15, 0.2) is 2.14 Å². The van der Waals surface area contributed by atoms with Crippen LogP contribution < -0.4 is 10.6 Å². The zero-order valence-electron chi connectivity index (χ0n) is 11.2. The largest absolute Gasteiger partial charge is 0.363 e. The Kier molecular flexibility index (Phi) is 6.32. The van der Waals surface area contributed by atoms with Crippen LogP contribution in [-0.4, -0.2) is 14.2 Å². The van der Waals surface area contributed by atoms with Crippen molar-refractivity contribution in [2.24, 2.45) is 0 Å². The van der Waals surface area contributed by atoms with E-state index in [0.29, 0.717) is 10.6 Å². The zero-order valence-corrected chi connectivity index (χ0v) is 16.7. The van der Waals surface area contributed by atoms with E-state index < -0.39 is 8.31 Å². The first-order valence-electron chi connectivity index (χ1n) is 6.31. The Morgan fingerprint density at radius 2 is 1.73 bits per heavy atom. The highest BCUT2D eigenvalue weighted by Crippen LogP contribution is 2.37. The summed E-state index contributed by atoms with van der Waals surface area (Å²) in [5.74, 6) is -0.192. The molecule has 0 aliphatic carbocycles. The van der Waals surface area contributed by atoms with Crippen molar-refractivity contribution < 1.29 is 4.79 Å². The van der Waals surface area contributed by atoms with Gasteiger partial charge in [-0.25, -0.2) is 0 Å². The summed E-state index contributed by atoms with van der Waals surface area (Å²) in [7, 11) is 0. The van der Waals surface area contributed by atoms with Crippen molar-refractivity contribution in [3.05, 3.63) is 65.2 Å². The summed E-state index contributed by atoms with van der Waals surface area (Å²) in [5, 5.41) is 6.72. The SMILES string of the molecule is O=C(NC(Nc1cccc(Cl)c1)C(Br)(Br)Br)c1ccccc1. The van der Waals surface area contributed by atoms with Gasteiger partial charge in [0.2, 0.25) is 0 Å². The fourth-order valence-electron chi connectivity index (χ4n) is 1.75. The van der Waals surface area contributed by atoms with Gasteiger partial charge >= 0.3 is 0 Å². The Bertz CT molecular complexity index is 647. The third kappa shape index (κ3) is 5.26. The molecule has 3 nitrogen and oxygen atoms in total. The fourth-order valence-corrected chi connectivity index (χ4v) is 2.63. The molecule has 0 fully saturated rings. The summed E-state index contributed by atoms with van der Waals surface area (Å²) < 4.78 is -0.722. The first kappa shape index (κ1) is 17.8. The molecule has 0 saturated heterocycles. The Hall–Kier alpha value is -0.560. The molecule has 0 saturated carbocycles. The molecular weight excluding hydrogens is 499 g/mol. The van der Waals surface area contributed by atoms with Gasteiger partial charge in [0, 0.05) is 16.3 Å². The van der Waals surface area contributed by atoms with Crippen molar-refractivity contribution in [2.45, 2.75) is 8.31 Å². The summed E-state index contributed by atoms with van der Waals surface area (Å²) in [6.45, 7) is 0. The number of hydrogen-bond acceptors (Lipinski definition) is 2. The molecule has 0 aliphatic heterocycles. The number of hydrogen-bond donors (Lipinski definition) is 2. The number of rotatable bonds is 4. The van der Waals surface area contributed by atoms with Crippen LogP contribution in [0.4, 0.5) is 5.69 Å². The molecule has 1 amide bonds. The highest BCUT2D eigenvalue weighted by atomic mass is 80.0. The van der Waals surface area contributed by atoms with Gasteiger partial charge in [0.05, 0.1) is 0 Å². The van der Waals surface area contributed by atoms with Crippen LogP contribution >= 0.6 is 59.4 Å². The third-order valence-corrected chi connectivity index (χ3v) is 4.38. The van der Waals surface area contributed by atoms with E-state index in [9.17, 15) is 4.79 Å². The lowest BCUT2D eigenvalue weighted by atomic mass is 10.2. The van der Waals surface area contributed by atoms with E-state index in [1.54, 1.807) is 24.3 Å². The molecule has 2 rings (SSSR count). The second-order valence-electron chi connectivity index (χ2n) is 4.47. The molecule has 2 N–H and O–H groups in total. The van der Waals surface area contributed by atoms with E-state index in [0.717, 1.165) is 5.69 Å². The molecular formula is C15H12Br3ClN2O. The van der Waals surface area contributed by atoms with Crippen LogP contribution in [0.25, 0.3) is 0 Å². The van der Waals surface area contributed by atoms with Gasteiger partial charge in [-0.05, 0) is 30.3 Å². The number of carbonyl (C=O) groups is 1. The number of alkyl halides is 3. The van der Waals surface area contributed by atoms with E-state index in [1.165, 1.54) is 0 Å². The third-order valence-electron chi connectivity index (χ3n) is 2.77. The molecule has 116 valence electrons. The lowest BCUT2D eigenvalue weighted by Gasteiger charge is -2.28. The molecule has 2 aromatic carbocycles. The Labute approximate surface area is 159 Å². The van der Waals surface area contributed by atoms with Crippen LogP contribution in [0.3, 0.4) is 0 Å². The minimum atomic E-state index is -0.722. The molecule has 1 unspecified atom stereocenters. The number of anilines is 1. The number of carbonyl (C=O) groups excluding carboxylic acids is 1. The zero-order chi connectivity index (χ0) is 16.2. The Morgan fingerprint density at radius 3 is 2.32 bits per heavy atom. The second-order valence-corrected chi connectivity index (χ2v) is 11.9. The van der Waals surface area contributed by atoms with Crippen molar-refractivity contribution in [3.63, 3.8) is 0 Å². The van der Waals surface area contributed by atoms with Crippen LogP contribution in [0, 0.1) is 0 Å². The summed E-state index contributed by atoms with van der Waals surface area (Å²) in [4.78, 5) is 12.3. The van der Waals surface area contributed by atoms with Crippen LogP contribution in [-0.2, 0) is 0 Å². The summed E-state index contributed by atoms with van der Waals surface area (Å²) >= 11 is 16.3. The Morgan fingerprint density at radius 1 is 1.05 bits per heavy atom. The molecule has 0 aromatic heterocycles. The maximum Gasteiger partial charge on any atom is 0.252 e. The van der Waals surface area contributed by atoms with Gasteiger partial charge in [-0.3, -0.25) is 4.79 Å². The number of nitrogens with one attached hydrogen (secondary N) is 2. The average molecular weight is 511 g/mol. The molecule has 0 spiro atoms. The molecule has 7 heteroatoms. The quantitative estimate of drug-likeness (QED) is 0.430. The van der Waals surface area contributed by atoms with Crippen molar-refractivity contribution >= 4 is 71.0 Å². The predicted molar refractivity (Wildman–Crippen MR) is 102 cm³/mol. The van der Waals surface area contributed by atoms with E-state index in [1.807, 2.05) is 30.3 Å². The van der Waals surface area contributed by atoms with Crippen molar-refractivity contribution in [2.75, 3.05) is 5.32 Å². The van der Waals surface area contributed by atoms with Gasteiger partial charge in [-0.15, -0.1) is 0 Å². The van der Waals surface area contributed by atoms with Crippen molar-refractivity contribution in [3.8, 4) is 0 Å². The molecule has 1 atom stereocenters. The minimum Gasteiger partial charge on any atom is -0.363 e. The number of amides is 1. The molecule has 0 bridgehead atoms. The smallest absolute Gasteiger partial charge is 0.252 e. The standard InChI is InChI=1S/C15H12Br3ClN2O/c16-15(17,18)14(20-12-8-4-7-11(19)9-12)21-13(22)10-5-2-1-3-6-10/h1-9,14,20H,(H,21,22). The van der Waals surface area contributed by atoms with Crippen LogP contribution in [0.1, 0.15) is 10.4 Å². The molecule has 0 radical (unpaired) electrons. The van der Waals surface area contributed by atoms with E-state index in [2.05, 4.69) is 58.4 Å². The van der Waals surface area contributed by atoms with Crippen LogP contribution in [0.15, 0.2) is 54.6 Å². The van der Waals surface area contributed by atoms with Gasteiger partial charge in [-0.2, -0.15) is 0 Å². The van der Waals surface area contributed by atoms with Crippen molar-refractivity contribution in [1.82, 2.24) is 5.32 Å². The summed E-state index contributed by atoms with van der Waals surface area (Å²) in [6.07, 6.45) is -0.473. The van der Waals surface area contributed by atoms with E-state index >= 15 is 0 Å².